The van der Waals surface area contributed by atoms with E-state index in [1.807, 2.05) is 41.1 Å². The maximum Gasteiger partial charge on any atom is 0.183 e. The highest BCUT2D eigenvalue weighted by atomic mass is 35.5. The summed E-state index contributed by atoms with van der Waals surface area (Å²) < 4.78 is 1.88. The van der Waals surface area contributed by atoms with Crippen molar-refractivity contribution in [2.75, 3.05) is 5.43 Å². The Morgan fingerprint density at radius 2 is 1.50 bits per heavy atom. The monoisotopic (exact) mass is 409 g/mol. The predicted octanol–water partition coefficient (Wildman–Crippen LogP) is 5.37. The van der Waals surface area contributed by atoms with Crippen LogP contribution in [0.25, 0.3) is 22.8 Å². The number of aromatic nitrogens is 4. The molecule has 0 saturated carbocycles. The summed E-state index contributed by atoms with van der Waals surface area (Å²) in [6, 6.07) is 17.4. The van der Waals surface area contributed by atoms with E-state index in [0.717, 1.165) is 22.5 Å². The van der Waals surface area contributed by atoms with Crippen LogP contribution in [0.2, 0.25) is 10.0 Å². The minimum Gasteiger partial charge on any atom is -0.318 e. The Morgan fingerprint density at radius 3 is 2.14 bits per heavy atom. The van der Waals surface area contributed by atoms with E-state index in [1.54, 1.807) is 18.5 Å². The minimum atomic E-state index is 0.491. The smallest absolute Gasteiger partial charge is 0.183 e. The summed E-state index contributed by atoms with van der Waals surface area (Å²) in [5, 5.41) is 10.0. The molecule has 4 aromatic rings. The molecule has 2 aromatic carbocycles. The molecule has 28 heavy (non-hydrogen) atoms. The molecule has 0 fully saturated rings. The van der Waals surface area contributed by atoms with Crippen LogP contribution in [0, 0.1) is 6.92 Å². The normalized spacial score (nSPS) is 10.8. The van der Waals surface area contributed by atoms with Gasteiger partial charge in [0, 0.05) is 33.6 Å². The Balaban J connectivity index is 1.73. The second-order valence-corrected chi connectivity index (χ2v) is 7.20. The summed E-state index contributed by atoms with van der Waals surface area (Å²) in [6.07, 6.45) is 3.46. The third kappa shape index (κ3) is 3.86. The van der Waals surface area contributed by atoms with Crippen LogP contribution in [0.15, 0.2) is 67.0 Å². The highest BCUT2D eigenvalue weighted by Gasteiger charge is 2.16. The van der Waals surface area contributed by atoms with Gasteiger partial charge >= 0.3 is 0 Å². The van der Waals surface area contributed by atoms with Gasteiger partial charge in [-0.15, -0.1) is 10.2 Å². The molecule has 2 heterocycles. The lowest BCUT2D eigenvalue weighted by Crippen LogP contribution is -2.17. The van der Waals surface area contributed by atoms with Crippen molar-refractivity contribution in [1.82, 2.24) is 19.9 Å². The average molecular weight is 410 g/mol. The predicted molar refractivity (Wildman–Crippen MR) is 113 cm³/mol. The summed E-state index contributed by atoms with van der Waals surface area (Å²) in [7, 11) is 0. The standard InChI is InChI=1S/C21H17Cl2N5/c1-14-2-4-15(5-3-14)20-26-27-21(16-8-10-24-11-9-16)28(20)25-13-17-6-7-18(22)12-19(17)23/h2-12,25H,13H2,1H3. The van der Waals surface area contributed by atoms with Gasteiger partial charge in [-0.2, -0.15) is 0 Å². The zero-order valence-corrected chi connectivity index (χ0v) is 16.6. The molecule has 0 aliphatic carbocycles. The van der Waals surface area contributed by atoms with Crippen molar-refractivity contribution < 1.29 is 0 Å². The lowest BCUT2D eigenvalue weighted by Gasteiger charge is -2.14. The first-order chi connectivity index (χ1) is 13.6. The molecule has 0 radical (unpaired) electrons. The molecule has 1 N–H and O–H groups in total. The SMILES string of the molecule is Cc1ccc(-c2nnc(-c3ccncc3)n2NCc2ccc(Cl)cc2Cl)cc1. The number of hydrogen-bond acceptors (Lipinski definition) is 4. The van der Waals surface area contributed by atoms with Crippen LogP contribution in [0.5, 0.6) is 0 Å². The molecule has 0 saturated heterocycles. The van der Waals surface area contributed by atoms with E-state index in [1.165, 1.54) is 5.56 Å². The summed E-state index contributed by atoms with van der Waals surface area (Å²) in [5.41, 5.74) is 7.38. The first kappa shape index (κ1) is 18.5. The summed E-state index contributed by atoms with van der Waals surface area (Å²) >= 11 is 12.3. The summed E-state index contributed by atoms with van der Waals surface area (Å²) in [4.78, 5) is 4.08. The maximum absolute atomic E-state index is 6.33. The average Bonchev–Trinajstić information content (AvgIpc) is 3.12. The van der Waals surface area contributed by atoms with Gasteiger partial charge in [0.15, 0.2) is 11.6 Å². The van der Waals surface area contributed by atoms with E-state index >= 15 is 0 Å². The number of nitrogens with zero attached hydrogens (tertiary/aromatic N) is 4. The zero-order chi connectivity index (χ0) is 19.5. The number of benzene rings is 2. The molecule has 0 bridgehead atoms. The maximum atomic E-state index is 6.33. The van der Waals surface area contributed by atoms with Gasteiger partial charge in [-0.3, -0.25) is 4.98 Å². The van der Waals surface area contributed by atoms with E-state index in [0.29, 0.717) is 22.4 Å². The molecule has 4 rings (SSSR count). The van der Waals surface area contributed by atoms with Gasteiger partial charge < -0.3 is 5.43 Å². The molecule has 0 unspecified atom stereocenters. The van der Waals surface area contributed by atoms with E-state index in [9.17, 15) is 0 Å². The largest absolute Gasteiger partial charge is 0.318 e. The Kier molecular flexibility index (Phi) is 5.28. The summed E-state index contributed by atoms with van der Waals surface area (Å²) in [6.45, 7) is 2.54. The number of hydrogen-bond donors (Lipinski definition) is 1. The first-order valence-electron chi connectivity index (χ1n) is 8.72. The third-order valence-electron chi connectivity index (χ3n) is 4.35. The molecule has 0 atom stereocenters. The quantitative estimate of drug-likeness (QED) is 0.481. The lowest BCUT2D eigenvalue weighted by atomic mass is 10.1. The van der Waals surface area contributed by atoms with Crippen LogP contribution in [-0.4, -0.2) is 19.9 Å². The van der Waals surface area contributed by atoms with Gasteiger partial charge in [-0.25, -0.2) is 4.68 Å². The van der Waals surface area contributed by atoms with Gasteiger partial charge in [-0.05, 0) is 36.8 Å². The number of aryl methyl sites for hydroxylation is 1. The third-order valence-corrected chi connectivity index (χ3v) is 4.94. The van der Waals surface area contributed by atoms with E-state index in [4.69, 9.17) is 23.2 Å². The first-order valence-corrected chi connectivity index (χ1v) is 9.48. The number of halogens is 2. The van der Waals surface area contributed by atoms with Crippen LogP contribution < -0.4 is 5.43 Å². The Hall–Kier alpha value is -2.89. The fourth-order valence-electron chi connectivity index (χ4n) is 2.84. The number of rotatable bonds is 5. The van der Waals surface area contributed by atoms with Crippen molar-refractivity contribution in [3.8, 4) is 22.8 Å². The molecule has 0 aliphatic rings. The van der Waals surface area contributed by atoms with Crippen LogP contribution in [0.3, 0.4) is 0 Å². The lowest BCUT2D eigenvalue weighted by molar-refractivity contribution is 0.851. The minimum absolute atomic E-state index is 0.491. The van der Waals surface area contributed by atoms with Crippen LogP contribution in [-0.2, 0) is 6.54 Å². The van der Waals surface area contributed by atoms with Gasteiger partial charge in [0.05, 0.1) is 6.54 Å². The molecule has 0 aliphatic heterocycles. The Bertz CT molecular complexity index is 1090. The molecular formula is C21H17Cl2N5. The van der Waals surface area contributed by atoms with Crippen molar-refractivity contribution in [1.29, 1.82) is 0 Å². The van der Waals surface area contributed by atoms with Crippen molar-refractivity contribution in [3.05, 3.63) is 88.2 Å². The highest BCUT2D eigenvalue weighted by molar-refractivity contribution is 6.35. The number of pyridine rings is 1. The van der Waals surface area contributed by atoms with Crippen molar-refractivity contribution in [2.24, 2.45) is 0 Å². The Labute approximate surface area is 173 Å². The van der Waals surface area contributed by atoms with E-state index in [-0.39, 0.29) is 0 Å². The fourth-order valence-corrected chi connectivity index (χ4v) is 3.32. The number of nitrogens with one attached hydrogen (secondary N) is 1. The van der Waals surface area contributed by atoms with Gasteiger partial charge in [0.25, 0.3) is 0 Å². The van der Waals surface area contributed by atoms with E-state index < -0.39 is 0 Å². The molecule has 0 spiro atoms. The van der Waals surface area contributed by atoms with Gasteiger partial charge in [0.2, 0.25) is 0 Å². The zero-order valence-electron chi connectivity index (χ0n) is 15.1. The van der Waals surface area contributed by atoms with Crippen molar-refractivity contribution in [2.45, 2.75) is 13.5 Å². The van der Waals surface area contributed by atoms with Crippen molar-refractivity contribution in [3.63, 3.8) is 0 Å². The second-order valence-electron chi connectivity index (χ2n) is 6.36. The van der Waals surface area contributed by atoms with Gasteiger partial charge in [0.1, 0.15) is 0 Å². The molecular weight excluding hydrogens is 393 g/mol. The molecule has 140 valence electrons. The molecule has 2 aromatic heterocycles. The van der Waals surface area contributed by atoms with Crippen molar-refractivity contribution >= 4 is 23.2 Å². The van der Waals surface area contributed by atoms with Crippen LogP contribution >= 0.6 is 23.2 Å². The topological polar surface area (TPSA) is 55.6 Å². The molecule has 5 nitrogen and oxygen atoms in total. The second kappa shape index (κ2) is 8.00. The van der Waals surface area contributed by atoms with E-state index in [2.05, 4.69) is 39.7 Å². The Morgan fingerprint density at radius 1 is 0.857 bits per heavy atom. The molecule has 7 heteroatoms. The van der Waals surface area contributed by atoms with Crippen LogP contribution in [0.4, 0.5) is 0 Å². The highest BCUT2D eigenvalue weighted by Crippen LogP contribution is 2.25. The fraction of sp³-hybridized carbons (Fsp3) is 0.0952. The van der Waals surface area contributed by atoms with Crippen LogP contribution in [0.1, 0.15) is 11.1 Å². The van der Waals surface area contributed by atoms with Gasteiger partial charge in [-0.1, -0.05) is 59.1 Å². The molecule has 0 amide bonds. The summed E-state index contributed by atoms with van der Waals surface area (Å²) in [5.74, 6) is 1.42.